The number of hydrogen-bond donors (Lipinski definition) is 2. The van der Waals surface area contributed by atoms with Crippen LogP contribution in [0.2, 0.25) is 0 Å². The monoisotopic (exact) mass is 382 g/mol. The summed E-state index contributed by atoms with van der Waals surface area (Å²) in [6.07, 6.45) is 0.841. The molecule has 100 valence electrons. The predicted octanol–water partition coefficient (Wildman–Crippen LogP) is 4.27. The Bertz CT molecular complexity index is 550. The van der Waals surface area contributed by atoms with Crippen LogP contribution in [0.3, 0.4) is 0 Å². The maximum absolute atomic E-state index is 5.72. The third-order valence-corrected chi connectivity index (χ3v) is 4.28. The van der Waals surface area contributed by atoms with Gasteiger partial charge >= 0.3 is 0 Å². The smallest absolute Gasteiger partial charge is 0.0501 e. The normalized spacial score (nSPS) is 12.4. The van der Waals surface area contributed by atoms with E-state index in [0.717, 1.165) is 15.4 Å². The van der Waals surface area contributed by atoms with Crippen molar-refractivity contribution in [2.45, 2.75) is 19.4 Å². The third-order valence-electron chi connectivity index (χ3n) is 3.05. The molecule has 2 nitrogen and oxygen atoms in total. The Labute approximate surface area is 130 Å². The summed E-state index contributed by atoms with van der Waals surface area (Å²) in [5.41, 5.74) is 6.55. The molecular formula is C15H16Br2N2. The van der Waals surface area contributed by atoms with Gasteiger partial charge in [-0.15, -0.1) is 0 Å². The number of aryl methyl sites for hydroxylation is 1. The molecule has 2 aromatic carbocycles. The summed E-state index contributed by atoms with van der Waals surface area (Å²) in [7, 11) is 0. The Morgan fingerprint density at radius 2 is 1.89 bits per heavy atom. The maximum Gasteiger partial charge on any atom is 0.0501 e. The van der Waals surface area contributed by atoms with Crippen LogP contribution in [0.15, 0.2) is 51.4 Å². The summed E-state index contributed by atoms with van der Waals surface area (Å²) >= 11 is 7.11. The highest BCUT2D eigenvalue weighted by atomic mass is 79.9. The molecule has 0 aliphatic carbocycles. The molecule has 0 aromatic heterocycles. The maximum atomic E-state index is 5.72. The first-order valence-electron chi connectivity index (χ1n) is 6.07. The Kier molecular flexibility index (Phi) is 5.16. The van der Waals surface area contributed by atoms with Gasteiger partial charge in [-0.2, -0.15) is 0 Å². The molecule has 0 spiro atoms. The first-order chi connectivity index (χ1) is 9.10. The first kappa shape index (κ1) is 14.7. The topological polar surface area (TPSA) is 38.0 Å². The summed E-state index contributed by atoms with van der Waals surface area (Å²) < 4.78 is 2.19. The van der Waals surface area contributed by atoms with Crippen molar-refractivity contribution in [3.05, 3.63) is 68.1 Å². The van der Waals surface area contributed by atoms with Gasteiger partial charge in [0.15, 0.2) is 0 Å². The highest BCUT2D eigenvalue weighted by Gasteiger charge is 2.13. The van der Waals surface area contributed by atoms with Gasteiger partial charge in [0.2, 0.25) is 0 Å². The second-order valence-electron chi connectivity index (χ2n) is 4.58. The average Bonchev–Trinajstić information content (AvgIpc) is 2.36. The lowest BCUT2D eigenvalue weighted by Crippen LogP contribution is -2.29. The minimum atomic E-state index is 0.0925. The Balaban J connectivity index is 2.28. The van der Waals surface area contributed by atoms with E-state index in [9.17, 15) is 0 Å². The number of nitrogens with one attached hydrogen (secondary N) is 1. The largest absolute Gasteiger partial charge is 0.271 e. The molecule has 19 heavy (non-hydrogen) atoms. The van der Waals surface area contributed by atoms with Crippen LogP contribution in [-0.4, -0.2) is 0 Å². The molecule has 2 aromatic rings. The van der Waals surface area contributed by atoms with Crippen molar-refractivity contribution in [3.63, 3.8) is 0 Å². The molecule has 4 heteroatoms. The SMILES string of the molecule is Cc1cc(Br)cc(C(Cc2ccccc2Br)NN)c1. The van der Waals surface area contributed by atoms with Crippen molar-refractivity contribution >= 4 is 31.9 Å². The molecule has 1 atom stereocenters. The average molecular weight is 384 g/mol. The van der Waals surface area contributed by atoms with Crippen LogP contribution in [0, 0.1) is 6.92 Å². The van der Waals surface area contributed by atoms with E-state index in [-0.39, 0.29) is 6.04 Å². The molecule has 0 bridgehead atoms. The molecule has 1 unspecified atom stereocenters. The van der Waals surface area contributed by atoms with Crippen molar-refractivity contribution in [1.29, 1.82) is 0 Å². The van der Waals surface area contributed by atoms with Gasteiger partial charge in [0, 0.05) is 8.95 Å². The van der Waals surface area contributed by atoms with Crippen LogP contribution in [-0.2, 0) is 6.42 Å². The molecule has 0 heterocycles. The number of halogens is 2. The highest BCUT2D eigenvalue weighted by Crippen LogP contribution is 2.26. The van der Waals surface area contributed by atoms with Crippen LogP contribution in [0.5, 0.6) is 0 Å². The number of hydrogen-bond acceptors (Lipinski definition) is 2. The van der Waals surface area contributed by atoms with Gasteiger partial charge in [-0.1, -0.05) is 56.1 Å². The van der Waals surface area contributed by atoms with E-state index in [2.05, 4.69) is 74.5 Å². The van der Waals surface area contributed by atoms with Gasteiger partial charge in [0.05, 0.1) is 6.04 Å². The molecular weight excluding hydrogens is 368 g/mol. The van der Waals surface area contributed by atoms with E-state index in [1.807, 2.05) is 12.1 Å². The van der Waals surface area contributed by atoms with Crippen molar-refractivity contribution in [3.8, 4) is 0 Å². The number of benzene rings is 2. The van der Waals surface area contributed by atoms with Crippen LogP contribution >= 0.6 is 31.9 Å². The van der Waals surface area contributed by atoms with Gasteiger partial charge in [0.25, 0.3) is 0 Å². The molecule has 3 N–H and O–H groups in total. The lowest BCUT2D eigenvalue weighted by atomic mass is 9.98. The quantitative estimate of drug-likeness (QED) is 0.611. The van der Waals surface area contributed by atoms with Crippen LogP contribution in [0.25, 0.3) is 0 Å². The van der Waals surface area contributed by atoms with Gasteiger partial charge in [-0.3, -0.25) is 11.3 Å². The molecule has 0 saturated heterocycles. The fourth-order valence-electron chi connectivity index (χ4n) is 2.12. The second-order valence-corrected chi connectivity index (χ2v) is 6.35. The van der Waals surface area contributed by atoms with Gasteiger partial charge in [0.1, 0.15) is 0 Å². The Morgan fingerprint density at radius 3 is 2.53 bits per heavy atom. The van der Waals surface area contributed by atoms with Crippen LogP contribution < -0.4 is 11.3 Å². The number of rotatable bonds is 4. The minimum absolute atomic E-state index is 0.0925. The van der Waals surface area contributed by atoms with E-state index in [4.69, 9.17) is 5.84 Å². The highest BCUT2D eigenvalue weighted by molar-refractivity contribution is 9.10. The number of hydrazine groups is 1. The van der Waals surface area contributed by atoms with Crippen molar-refractivity contribution in [1.82, 2.24) is 5.43 Å². The van der Waals surface area contributed by atoms with Crippen molar-refractivity contribution in [2.24, 2.45) is 5.84 Å². The molecule has 0 radical (unpaired) electrons. The molecule has 0 aliphatic heterocycles. The summed E-state index contributed by atoms with van der Waals surface area (Å²) in [6.45, 7) is 2.08. The minimum Gasteiger partial charge on any atom is -0.271 e. The van der Waals surface area contributed by atoms with E-state index in [0.29, 0.717) is 0 Å². The molecule has 0 amide bonds. The van der Waals surface area contributed by atoms with E-state index in [1.165, 1.54) is 16.7 Å². The first-order valence-corrected chi connectivity index (χ1v) is 7.65. The zero-order valence-corrected chi connectivity index (χ0v) is 13.8. The zero-order valence-electron chi connectivity index (χ0n) is 10.7. The summed E-state index contributed by atoms with van der Waals surface area (Å²) in [5, 5.41) is 0. The zero-order chi connectivity index (χ0) is 13.8. The van der Waals surface area contributed by atoms with Crippen LogP contribution in [0.4, 0.5) is 0 Å². The van der Waals surface area contributed by atoms with Crippen LogP contribution in [0.1, 0.15) is 22.7 Å². The van der Waals surface area contributed by atoms with E-state index < -0.39 is 0 Å². The van der Waals surface area contributed by atoms with Gasteiger partial charge in [-0.05, 0) is 48.2 Å². The standard InChI is InChI=1S/C15H16Br2N2/c1-10-6-12(8-13(16)7-10)15(19-18)9-11-4-2-3-5-14(11)17/h2-8,15,19H,9,18H2,1H3. The molecule has 0 aliphatic rings. The van der Waals surface area contributed by atoms with E-state index >= 15 is 0 Å². The lowest BCUT2D eigenvalue weighted by molar-refractivity contribution is 0.550. The summed E-state index contributed by atoms with van der Waals surface area (Å²) in [4.78, 5) is 0. The second kappa shape index (κ2) is 6.66. The molecule has 0 saturated carbocycles. The van der Waals surface area contributed by atoms with Crippen molar-refractivity contribution in [2.75, 3.05) is 0 Å². The Hall–Kier alpha value is -0.680. The lowest BCUT2D eigenvalue weighted by Gasteiger charge is -2.18. The number of nitrogens with two attached hydrogens (primary N) is 1. The summed E-state index contributed by atoms with van der Waals surface area (Å²) in [5.74, 6) is 5.72. The predicted molar refractivity (Wildman–Crippen MR) is 86.8 cm³/mol. The summed E-state index contributed by atoms with van der Waals surface area (Å²) in [6, 6.07) is 14.7. The van der Waals surface area contributed by atoms with Gasteiger partial charge in [-0.25, -0.2) is 0 Å². The fourth-order valence-corrected chi connectivity index (χ4v) is 3.19. The van der Waals surface area contributed by atoms with Gasteiger partial charge < -0.3 is 0 Å². The molecule has 2 rings (SSSR count). The molecule has 0 fully saturated rings. The van der Waals surface area contributed by atoms with Crippen molar-refractivity contribution < 1.29 is 0 Å². The Morgan fingerprint density at radius 1 is 1.16 bits per heavy atom. The third kappa shape index (κ3) is 3.89. The van der Waals surface area contributed by atoms with E-state index in [1.54, 1.807) is 0 Å². The fraction of sp³-hybridized carbons (Fsp3) is 0.200.